The number of anilines is 1. The fourth-order valence-electron chi connectivity index (χ4n) is 4.06. The van der Waals surface area contributed by atoms with Crippen LogP contribution in [-0.2, 0) is 21.4 Å². The number of nitrogens with one attached hydrogen (secondary N) is 1. The van der Waals surface area contributed by atoms with E-state index in [1.165, 1.54) is 23.3 Å². The maximum Gasteiger partial charge on any atom is 0.294 e. The minimum Gasteiger partial charge on any atom is -0.477 e. The lowest BCUT2D eigenvalue weighted by Crippen LogP contribution is -2.66. The lowest BCUT2D eigenvalue weighted by Gasteiger charge is -2.45. The number of amides is 1. The molecule has 1 N–H and O–H groups in total. The second-order valence-corrected chi connectivity index (χ2v) is 10.7. The Morgan fingerprint density at radius 3 is 2.65 bits per heavy atom. The van der Waals surface area contributed by atoms with Crippen LogP contribution in [0.5, 0.6) is 5.75 Å². The SMILES string of the molecule is CS(=O)(=O)[N+]1(Cc2ccc(F)cc2)CCN(C(=O)C2CNc3ccccc3O2)C(Cl)C1. The number of para-hydroxylation sites is 2. The Balaban J connectivity index is 1.50. The van der Waals surface area contributed by atoms with Crippen LogP contribution < -0.4 is 10.1 Å². The number of piperazine rings is 1. The first-order valence-electron chi connectivity index (χ1n) is 9.93. The molecule has 0 saturated carbocycles. The van der Waals surface area contributed by atoms with E-state index >= 15 is 0 Å². The van der Waals surface area contributed by atoms with Crippen molar-refractivity contribution in [1.29, 1.82) is 0 Å². The number of quaternary nitrogens is 1. The molecule has 1 amide bonds. The average molecular weight is 469 g/mol. The van der Waals surface area contributed by atoms with Gasteiger partial charge >= 0.3 is 0 Å². The molecular formula is C21H24ClFN3O4S+. The summed E-state index contributed by atoms with van der Waals surface area (Å²) in [6.45, 7) is 0.835. The number of halogens is 2. The maximum absolute atomic E-state index is 13.3. The minimum atomic E-state index is -3.56. The van der Waals surface area contributed by atoms with Crippen LogP contribution in [0.15, 0.2) is 48.5 Å². The van der Waals surface area contributed by atoms with Gasteiger partial charge < -0.3 is 15.0 Å². The molecule has 0 spiro atoms. The first kappa shape index (κ1) is 21.9. The Bertz CT molecular complexity index is 1080. The molecule has 31 heavy (non-hydrogen) atoms. The van der Waals surface area contributed by atoms with Crippen molar-refractivity contribution in [3.8, 4) is 5.75 Å². The van der Waals surface area contributed by atoms with Crippen LogP contribution in [-0.4, -0.2) is 67.2 Å². The van der Waals surface area contributed by atoms with Crippen LogP contribution >= 0.6 is 11.6 Å². The lowest BCUT2D eigenvalue weighted by molar-refractivity contribution is -0.826. The van der Waals surface area contributed by atoms with E-state index in [9.17, 15) is 17.6 Å². The first-order valence-corrected chi connectivity index (χ1v) is 12.2. The molecule has 2 aliphatic rings. The first-order chi connectivity index (χ1) is 14.7. The van der Waals surface area contributed by atoms with Gasteiger partial charge in [-0.3, -0.25) is 4.79 Å². The summed E-state index contributed by atoms with van der Waals surface area (Å²) in [6, 6.07) is 13.1. The van der Waals surface area contributed by atoms with Gasteiger partial charge in [0.15, 0.2) is 11.6 Å². The van der Waals surface area contributed by atoms with Gasteiger partial charge in [0.1, 0.15) is 31.2 Å². The highest BCUT2D eigenvalue weighted by atomic mass is 35.5. The van der Waals surface area contributed by atoms with Gasteiger partial charge in [-0.25, -0.2) is 8.28 Å². The van der Waals surface area contributed by atoms with Gasteiger partial charge in [0.05, 0.1) is 25.0 Å². The van der Waals surface area contributed by atoms with E-state index in [-0.39, 0.29) is 41.8 Å². The zero-order valence-corrected chi connectivity index (χ0v) is 18.6. The third-order valence-corrected chi connectivity index (χ3v) is 8.09. The third-order valence-electron chi connectivity index (χ3n) is 5.85. The van der Waals surface area contributed by atoms with Crippen LogP contribution in [0, 0.1) is 5.82 Å². The van der Waals surface area contributed by atoms with Gasteiger partial charge in [0.2, 0.25) is 0 Å². The average Bonchev–Trinajstić information content (AvgIpc) is 2.74. The van der Waals surface area contributed by atoms with Gasteiger partial charge in [0.25, 0.3) is 15.9 Å². The molecule has 0 aliphatic carbocycles. The number of alkyl halides is 1. The van der Waals surface area contributed by atoms with Crippen LogP contribution in [0.25, 0.3) is 0 Å². The molecule has 10 heteroatoms. The summed E-state index contributed by atoms with van der Waals surface area (Å²) in [5.41, 5.74) is 0.684. The summed E-state index contributed by atoms with van der Waals surface area (Å²) >= 11 is 6.57. The molecule has 2 aromatic carbocycles. The van der Waals surface area contributed by atoms with Crippen molar-refractivity contribution < 1.29 is 26.2 Å². The van der Waals surface area contributed by atoms with E-state index in [0.717, 1.165) is 5.69 Å². The molecule has 0 bridgehead atoms. The second kappa shape index (κ2) is 8.29. The number of ether oxygens (including phenoxy) is 1. The van der Waals surface area contributed by atoms with Gasteiger partial charge in [-0.15, -0.1) is 0 Å². The Labute approximate surface area is 186 Å². The molecule has 7 nitrogen and oxygen atoms in total. The summed E-state index contributed by atoms with van der Waals surface area (Å²) in [5.74, 6) is -0.0779. The van der Waals surface area contributed by atoms with Crippen molar-refractivity contribution in [2.45, 2.75) is 18.1 Å². The Kier molecular flexibility index (Phi) is 5.85. The van der Waals surface area contributed by atoms with E-state index in [1.807, 2.05) is 18.2 Å². The van der Waals surface area contributed by atoms with E-state index in [2.05, 4.69) is 5.32 Å². The summed E-state index contributed by atoms with van der Waals surface area (Å²) in [7, 11) is -3.56. The van der Waals surface area contributed by atoms with Crippen molar-refractivity contribution in [1.82, 2.24) is 4.90 Å². The van der Waals surface area contributed by atoms with Crippen molar-refractivity contribution in [2.75, 3.05) is 37.8 Å². The molecule has 0 radical (unpaired) electrons. The molecule has 4 rings (SSSR count). The predicted octanol–water partition coefficient (Wildman–Crippen LogP) is 2.38. The third kappa shape index (κ3) is 4.35. The van der Waals surface area contributed by atoms with Crippen molar-refractivity contribution in [2.24, 2.45) is 0 Å². The molecule has 1 saturated heterocycles. The number of hydrogen-bond acceptors (Lipinski definition) is 5. The zero-order chi connectivity index (χ0) is 22.2. The van der Waals surface area contributed by atoms with Gasteiger partial charge in [-0.1, -0.05) is 35.9 Å². The monoisotopic (exact) mass is 468 g/mol. The molecule has 166 valence electrons. The normalized spacial score (nSPS) is 25.8. The fraction of sp³-hybridized carbons (Fsp3) is 0.381. The topological polar surface area (TPSA) is 75.7 Å². The van der Waals surface area contributed by atoms with E-state index in [1.54, 1.807) is 18.2 Å². The molecule has 2 heterocycles. The quantitative estimate of drug-likeness (QED) is 0.423. The smallest absolute Gasteiger partial charge is 0.294 e. The van der Waals surface area contributed by atoms with Crippen LogP contribution in [0.2, 0.25) is 0 Å². The molecule has 2 aromatic rings. The highest BCUT2D eigenvalue weighted by Gasteiger charge is 2.48. The molecule has 1 fully saturated rings. The number of sulfonamides is 1. The minimum absolute atomic E-state index is 0.0280. The number of carbonyl (C=O) groups excluding carboxylic acids is 1. The standard InChI is InChI=1S/C21H24ClFN3O4S/c1-31(28,29)26(13-15-6-8-16(23)9-7-15)11-10-25(20(22)14-26)21(27)19-12-24-17-4-2-3-5-18(17)30-19/h2-9,19-20,24H,10-14H2,1H3/q+1. The summed E-state index contributed by atoms with van der Waals surface area (Å²) in [5, 5.41) is 3.18. The highest BCUT2D eigenvalue weighted by Crippen LogP contribution is 2.31. The number of benzene rings is 2. The van der Waals surface area contributed by atoms with E-state index < -0.39 is 21.6 Å². The van der Waals surface area contributed by atoms with Gasteiger partial charge in [0, 0.05) is 5.56 Å². The Hall–Kier alpha value is -2.36. The fourth-order valence-corrected chi connectivity index (χ4v) is 5.81. The maximum atomic E-state index is 13.3. The molecule has 2 aliphatic heterocycles. The molecule has 0 aromatic heterocycles. The number of rotatable bonds is 4. The number of carbonyl (C=O) groups is 1. The highest BCUT2D eigenvalue weighted by molar-refractivity contribution is 7.85. The molecular weight excluding hydrogens is 445 g/mol. The Morgan fingerprint density at radius 1 is 1.26 bits per heavy atom. The number of hydrogen-bond donors (Lipinski definition) is 1. The van der Waals surface area contributed by atoms with E-state index in [4.69, 9.17) is 16.3 Å². The predicted molar refractivity (Wildman–Crippen MR) is 116 cm³/mol. The molecule has 3 atom stereocenters. The molecule has 3 unspecified atom stereocenters. The van der Waals surface area contributed by atoms with E-state index in [0.29, 0.717) is 17.9 Å². The van der Waals surface area contributed by atoms with Crippen LogP contribution in [0.4, 0.5) is 10.1 Å². The Morgan fingerprint density at radius 2 is 1.97 bits per heavy atom. The number of nitrogens with zero attached hydrogens (tertiary/aromatic N) is 2. The van der Waals surface area contributed by atoms with Crippen molar-refractivity contribution in [3.05, 3.63) is 59.9 Å². The van der Waals surface area contributed by atoms with Crippen LogP contribution in [0.1, 0.15) is 5.56 Å². The zero-order valence-electron chi connectivity index (χ0n) is 17.0. The summed E-state index contributed by atoms with van der Waals surface area (Å²) < 4.78 is 44.3. The van der Waals surface area contributed by atoms with Crippen molar-refractivity contribution >= 4 is 33.2 Å². The van der Waals surface area contributed by atoms with Crippen LogP contribution in [0.3, 0.4) is 0 Å². The lowest BCUT2D eigenvalue weighted by atomic mass is 10.1. The van der Waals surface area contributed by atoms with Gasteiger partial charge in [-0.05, 0) is 24.3 Å². The summed E-state index contributed by atoms with van der Waals surface area (Å²) in [4.78, 5) is 14.6. The summed E-state index contributed by atoms with van der Waals surface area (Å²) in [6.07, 6.45) is 0.425. The second-order valence-electron chi connectivity index (χ2n) is 7.93. The van der Waals surface area contributed by atoms with Gasteiger partial charge in [-0.2, -0.15) is 8.42 Å². The van der Waals surface area contributed by atoms with Crippen molar-refractivity contribution in [3.63, 3.8) is 0 Å². The largest absolute Gasteiger partial charge is 0.477 e. The number of fused-ring (bicyclic) bond motifs is 1.